The Labute approximate surface area is 81.8 Å². The largest absolute Gasteiger partial charge is 0.360 e. The number of nitrogens with zero attached hydrogens (tertiary/aromatic N) is 1. The average Bonchev–Trinajstić information content (AvgIpc) is 2.03. The van der Waals surface area contributed by atoms with Crippen LogP contribution in [0.5, 0.6) is 0 Å². The second-order valence-electron chi connectivity index (χ2n) is 4.74. The fourth-order valence-corrected chi connectivity index (χ4v) is 1.95. The van der Waals surface area contributed by atoms with Crippen molar-refractivity contribution < 1.29 is 0 Å². The molecule has 1 fully saturated rings. The third kappa shape index (κ3) is 3.37. The van der Waals surface area contributed by atoms with Crippen LogP contribution in [-0.2, 0) is 0 Å². The van der Waals surface area contributed by atoms with Crippen LogP contribution in [0.1, 0.15) is 40.0 Å². The van der Waals surface area contributed by atoms with Crippen LogP contribution in [0.2, 0.25) is 0 Å². The minimum absolute atomic E-state index is 0.615. The first kappa shape index (κ1) is 10.6. The molecule has 0 amide bonds. The van der Waals surface area contributed by atoms with Crippen LogP contribution in [0.25, 0.3) is 0 Å². The Bertz CT molecular complexity index is 175. The maximum atomic E-state index is 7.93. The van der Waals surface area contributed by atoms with E-state index >= 15 is 0 Å². The lowest BCUT2D eigenvalue weighted by molar-refractivity contribution is 0.265. The molecule has 2 heteroatoms. The molecule has 1 N–H and O–H groups in total. The topological polar surface area (TPSA) is 27.1 Å². The quantitative estimate of drug-likeness (QED) is 0.516. The molecule has 0 aromatic heterocycles. The van der Waals surface area contributed by atoms with Crippen molar-refractivity contribution >= 4 is 5.84 Å². The zero-order chi connectivity index (χ0) is 9.84. The van der Waals surface area contributed by atoms with Crippen LogP contribution in [0.3, 0.4) is 0 Å². The van der Waals surface area contributed by atoms with E-state index in [9.17, 15) is 0 Å². The summed E-state index contributed by atoms with van der Waals surface area (Å²) < 4.78 is 0. The Morgan fingerprint density at radius 1 is 1.54 bits per heavy atom. The molecule has 0 aromatic rings. The van der Waals surface area contributed by atoms with Gasteiger partial charge in [0.15, 0.2) is 0 Å². The SMILES string of the molecule is CC(C)CC(=N)N1CCCC(C)C1. The van der Waals surface area contributed by atoms with Gasteiger partial charge in [-0.25, -0.2) is 0 Å². The van der Waals surface area contributed by atoms with Crippen molar-refractivity contribution in [2.45, 2.75) is 40.0 Å². The Morgan fingerprint density at radius 2 is 2.23 bits per heavy atom. The summed E-state index contributed by atoms with van der Waals surface area (Å²) in [7, 11) is 0. The third-order valence-corrected chi connectivity index (χ3v) is 2.64. The molecule has 0 radical (unpaired) electrons. The molecule has 1 rings (SSSR count). The van der Waals surface area contributed by atoms with Crippen molar-refractivity contribution in [3.05, 3.63) is 0 Å². The fraction of sp³-hybridized carbons (Fsp3) is 0.909. The maximum Gasteiger partial charge on any atom is 0.0960 e. The minimum Gasteiger partial charge on any atom is -0.360 e. The molecule has 76 valence electrons. The van der Waals surface area contributed by atoms with E-state index in [-0.39, 0.29) is 0 Å². The molecular weight excluding hydrogens is 160 g/mol. The van der Waals surface area contributed by atoms with E-state index in [4.69, 9.17) is 5.41 Å². The number of rotatable bonds is 2. The molecule has 1 aliphatic rings. The molecule has 2 nitrogen and oxygen atoms in total. The zero-order valence-electron chi connectivity index (χ0n) is 9.14. The van der Waals surface area contributed by atoms with Gasteiger partial charge in [0.1, 0.15) is 0 Å². The standard InChI is InChI=1S/C11H22N2/c1-9(2)7-11(12)13-6-4-5-10(3)8-13/h9-10,12H,4-8H2,1-3H3. The first-order chi connectivity index (χ1) is 6.09. The molecule has 1 unspecified atom stereocenters. The first-order valence-electron chi connectivity index (χ1n) is 5.42. The van der Waals surface area contributed by atoms with E-state index in [1.165, 1.54) is 12.8 Å². The molecule has 0 aliphatic carbocycles. The summed E-state index contributed by atoms with van der Waals surface area (Å²) in [6.07, 6.45) is 3.54. The van der Waals surface area contributed by atoms with Crippen LogP contribution in [0, 0.1) is 17.2 Å². The molecule has 0 bridgehead atoms. The van der Waals surface area contributed by atoms with Crippen LogP contribution >= 0.6 is 0 Å². The lowest BCUT2D eigenvalue weighted by atomic mass is 9.99. The Kier molecular flexibility index (Phi) is 3.76. The molecule has 1 saturated heterocycles. The van der Waals surface area contributed by atoms with Gasteiger partial charge in [0, 0.05) is 19.5 Å². The normalized spacial score (nSPS) is 23.7. The zero-order valence-corrected chi connectivity index (χ0v) is 9.14. The maximum absolute atomic E-state index is 7.93. The van der Waals surface area contributed by atoms with E-state index < -0.39 is 0 Å². The second kappa shape index (κ2) is 4.64. The molecule has 0 saturated carbocycles. The van der Waals surface area contributed by atoms with Crippen LogP contribution in [0.4, 0.5) is 0 Å². The lowest BCUT2D eigenvalue weighted by Crippen LogP contribution is -2.39. The van der Waals surface area contributed by atoms with Crippen LogP contribution in [-0.4, -0.2) is 23.8 Å². The molecule has 13 heavy (non-hydrogen) atoms. The molecule has 1 heterocycles. The van der Waals surface area contributed by atoms with Crippen molar-refractivity contribution in [2.24, 2.45) is 11.8 Å². The van der Waals surface area contributed by atoms with Gasteiger partial charge < -0.3 is 4.90 Å². The van der Waals surface area contributed by atoms with E-state index in [2.05, 4.69) is 25.7 Å². The number of amidine groups is 1. The van der Waals surface area contributed by atoms with E-state index in [0.717, 1.165) is 31.3 Å². The summed E-state index contributed by atoms with van der Waals surface area (Å²) in [5.41, 5.74) is 0. The first-order valence-corrected chi connectivity index (χ1v) is 5.42. The van der Waals surface area contributed by atoms with Crippen molar-refractivity contribution in [2.75, 3.05) is 13.1 Å². The molecule has 0 spiro atoms. The monoisotopic (exact) mass is 182 g/mol. The predicted molar refractivity (Wildman–Crippen MR) is 57.2 cm³/mol. The summed E-state index contributed by atoms with van der Waals surface area (Å²) in [5.74, 6) is 2.24. The number of likely N-dealkylation sites (tertiary alicyclic amines) is 1. The Hall–Kier alpha value is -0.530. The van der Waals surface area contributed by atoms with Gasteiger partial charge in [0.25, 0.3) is 0 Å². The Balaban J connectivity index is 2.37. The number of nitrogens with one attached hydrogen (secondary N) is 1. The number of hydrogen-bond acceptors (Lipinski definition) is 1. The summed E-state index contributed by atoms with van der Waals surface area (Å²) in [4.78, 5) is 2.26. The Morgan fingerprint density at radius 3 is 2.77 bits per heavy atom. The van der Waals surface area contributed by atoms with Gasteiger partial charge in [-0.05, 0) is 24.7 Å². The van der Waals surface area contributed by atoms with E-state index in [1.807, 2.05) is 0 Å². The lowest BCUT2D eigenvalue weighted by Gasteiger charge is -2.33. The average molecular weight is 182 g/mol. The molecule has 0 aromatic carbocycles. The number of hydrogen-bond donors (Lipinski definition) is 1. The van der Waals surface area contributed by atoms with Gasteiger partial charge in [-0.2, -0.15) is 0 Å². The van der Waals surface area contributed by atoms with Gasteiger partial charge in [-0.3, -0.25) is 5.41 Å². The molecular formula is C11H22N2. The van der Waals surface area contributed by atoms with Crippen molar-refractivity contribution in [1.82, 2.24) is 4.90 Å². The van der Waals surface area contributed by atoms with Crippen molar-refractivity contribution in [3.63, 3.8) is 0 Å². The highest BCUT2D eigenvalue weighted by Crippen LogP contribution is 2.17. The van der Waals surface area contributed by atoms with Crippen molar-refractivity contribution in [1.29, 1.82) is 5.41 Å². The van der Waals surface area contributed by atoms with Crippen LogP contribution < -0.4 is 0 Å². The summed E-state index contributed by atoms with van der Waals surface area (Å²) in [6, 6.07) is 0. The smallest absolute Gasteiger partial charge is 0.0960 e. The molecule has 1 atom stereocenters. The van der Waals surface area contributed by atoms with Crippen LogP contribution in [0.15, 0.2) is 0 Å². The van der Waals surface area contributed by atoms with Gasteiger partial charge >= 0.3 is 0 Å². The molecule has 1 aliphatic heterocycles. The van der Waals surface area contributed by atoms with E-state index in [0.29, 0.717) is 5.92 Å². The summed E-state index contributed by atoms with van der Waals surface area (Å²) in [6.45, 7) is 8.86. The van der Waals surface area contributed by atoms with Gasteiger partial charge in [0.2, 0.25) is 0 Å². The third-order valence-electron chi connectivity index (χ3n) is 2.64. The highest BCUT2D eigenvalue weighted by atomic mass is 15.2. The second-order valence-corrected chi connectivity index (χ2v) is 4.74. The van der Waals surface area contributed by atoms with Gasteiger partial charge in [-0.15, -0.1) is 0 Å². The minimum atomic E-state index is 0.615. The fourth-order valence-electron chi connectivity index (χ4n) is 1.95. The highest BCUT2D eigenvalue weighted by molar-refractivity contribution is 5.79. The highest BCUT2D eigenvalue weighted by Gasteiger charge is 2.18. The van der Waals surface area contributed by atoms with E-state index in [1.54, 1.807) is 0 Å². The number of piperidine rings is 1. The summed E-state index contributed by atoms with van der Waals surface area (Å²) >= 11 is 0. The van der Waals surface area contributed by atoms with Gasteiger partial charge in [-0.1, -0.05) is 20.8 Å². The summed E-state index contributed by atoms with van der Waals surface area (Å²) in [5, 5.41) is 7.93. The van der Waals surface area contributed by atoms with Gasteiger partial charge in [0.05, 0.1) is 5.84 Å². The van der Waals surface area contributed by atoms with Crippen molar-refractivity contribution in [3.8, 4) is 0 Å². The predicted octanol–water partition coefficient (Wildman–Crippen LogP) is 2.74.